The Balaban J connectivity index is 1.37. The van der Waals surface area contributed by atoms with Crippen molar-refractivity contribution in [3.05, 3.63) is 60.1 Å². The molecule has 0 radical (unpaired) electrons. The van der Waals surface area contributed by atoms with E-state index in [9.17, 15) is 22.4 Å². The molecule has 1 aliphatic heterocycles. The monoisotopic (exact) mass is 447 g/mol. The maximum Gasteiger partial charge on any atom is 0.434 e. The highest BCUT2D eigenvalue weighted by Gasteiger charge is 2.47. The molecule has 2 aliphatic rings. The number of carbonyl (C=O) groups excluding carboxylic acids is 1. The molecule has 2 aromatic heterocycles. The molecule has 3 aromatic rings. The predicted octanol–water partition coefficient (Wildman–Crippen LogP) is 2.93. The number of benzene rings is 1. The highest BCUT2D eigenvalue weighted by molar-refractivity contribution is 5.98. The zero-order valence-electron chi connectivity index (χ0n) is 16.5. The Hall–Kier alpha value is -3.57. The van der Waals surface area contributed by atoms with E-state index < -0.39 is 17.7 Å². The predicted molar refractivity (Wildman–Crippen MR) is 103 cm³/mol. The first-order valence-electron chi connectivity index (χ1n) is 9.93. The van der Waals surface area contributed by atoms with Gasteiger partial charge in [-0.05, 0) is 30.9 Å². The van der Waals surface area contributed by atoms with Crippen molar-refractivity contribution in [2.24, 2.45) is 5.92 Å². The zero-order valence-corrected chi connectivity index (χ0v) is 16.5. The van der Waals surface area contributed by atoms with E-state index in [1.165, 1.54) is 30.6 Å². The number of alkyl halides is 3. The van der Waals surface area contributed by atoms with Gasteiger partial charge in [-0.1, -0.05) is 6.07 Å². The standard InChI is InChI=1S/C20H17F4N7O/c21-13-3-1-2-12(18(13)31-27-4-5-28-31)19(32)30-10-11-6-14(15(30)7-11)29-17-9-25-16(8-26-17)20(22,23)24/h1-5,8-9,11,14-15H,6-7,10H2,(H,26,29)/t11-,14?,15?/m0/s1. The number of nitrogens with zero attached hydrogens (tertiary/aromatic N) is 6. The number of para-hydroxylation sites is 1. The minimum atomic E-state index is -4.56. The molecule has 32 heavy (non-hydrogen) atoms. The van der Waals surface area contributed by atoms with Crippen molar-refractivity contribution in [3.8, 4) is 5.69 Å². The highest BCUT2D eigenvalue weighted by atomic mass is 19.4. The number of anilines is 1. The first-order valence-corrected chi connectivity index (χ1v) is 9.93. The molecule has 1 aliphatic carbocycles. The number of halogens is 4. The van der Waals surface area contributed by atoms with E-state index in [0.717, 1.165) is 23.8 Å². The lowest BCUT2D eigenvalue weighted by atomic mass is 10.0. The number of aromatic nitrogens is 5. The summed E-state index contributed by atoms with van der Waals surface area (Å²) in [7, 11) is 0. The van der Waals surface area contributed by atoms with Crippen molar-refractivity contribution in [2.45, 2.75) is 31.1 Å². The van der Waals surface area contributed by atoms with E-state index in [1.54, 1.807) is 4.90 Å². The molecule has 2 unspecified atom stereocenters. The van der Waals surface area contributed by atoms with Crippen molar-refractivity contribution >= 4 is 11.7 Å². The summed E-state index contributed by atoms with van der Waals surface area (Å²) >= 11 is 0. The summed E-state index contributed by atoms with van der Waals surface area (Å²) < 4.78 is 52.7. The number of rotatable bonds is 4. The van der Waals surface area contributed by atoms with Crippen molar-refractivity contribution in [3.63, 3.8) is 0 Å². The van der Waals surface area contributed by atoms with Crippen LogP contribution in [0.3, 0.4) is 0 Å². The van der Waals surface area contributed by atoms with Crippen LogP contribution in [0.15, 0.2) is 43.0 Å². The average Bonchev–Trinajstić information content (AvgIpc) is 3.50. The fraction of sp³-hybridized carbons (Fsp3) is 0.350. The smallest absolute Gasteiger partial charge is 0.364 e. The quantitative estimate of drug-likeness (QED) is 0.619. The summed E-state index contributed by atoms with van der Waals surface area (Å²) in [5.74, 6) is -0.542. The molecule has 8 nitrogen and oxygen atoms in total. The first-order chi connectivity index (χ1) is 15.3. The molecule has 3 atom stereocenters. The second-order valence-corrected chi connectivity index (χ2v) is 7.85. The summed E-state index contributed by atoms with van der Waals surface area (Å²) in [6.07, 6.45) is 1.42. The van der Waals surface area contributed by atoms with E-state index in [1.807, 2.05) is 0 Å². The van der Waals surface area contributed by atoms with Gasteiger partial charge in [-0.15, -0.1) is 4.80 Å². The molecule has 1 saturated heterocycles. The summed E-state index contributed by atoms with van der Waals surface area (Å²) in [6, 6.07) is 3.80. The minimum Gasteiger partial charge on any atom is -0.364 e. The third kappa shape index (κ3) is 3.55. The number of amides is 1. The number of likely N-dealkylation sites (tertiary alicyclic amines) is 1. The molecule has 1 N–H and O–H groups in total. The normalized spacial score (nSPS) is 22.4. The van der Waals surface area contributed by atoms with Crippen LogP contribution in [-0.4, -0.2) is 54.4 Å². The van der Waals surface area contributed by atoms with Gasteiger partial charge < -0.3 is 10.2 Å². The highest BCUT2D eigenvalue weighted by Crippen LogP contribution is 2.40. The van der Waals surface area contributed by atoms with Crippen molar-refractivity contribution in [1.82, 2.24) is 29.9 Å². The Kier molecular flexibility index (Phi) is 4.79. The van der Waals surface area contributed by atoms with Gasteiger partial charge in [0.1, 0.15) is 11.5 Å². The Morgan fingerprint density at radius 2 is 1.88 bits per heavy atom. The van der Waals surface area contributed by atoms with E-state index in [2.05, 4.69) is 25.5 Å². The van der Waals surface area contributed by atoms with Crippen LogP contribution in [0.2, 0.25) is 0 Å². The summed E-state index contributed by atoms with van der Waals surface area (Å²) in [5, 5.41) is 11.0. The van der Waals surface area contributed by atoms with Gasteiger partial charge in [-0.25, -0.2) is 14.4 Å². The van der Waals surface area contributed by atoms with E-state index >= 15 is 0 Å². The molecule has 2 bridgehead atoms. The molecule has 3 heterocycles. The number of fused-ring (bicyclic) bond motifs is 2. The van der Waals surface area contributed by atoms with Crippen LogP contribution in [-0.2, 0) is 6.18 Å². The molecule has 166 valence electrons. The largest absolute Gasteiger partial charge is 0.434 e. The lowest BCUT2D eigenvalue weighted by molar-refractivity contribution is -0.141. The molecule has 12 heteroatoms. The molecule has 2 fully saturated rings. The molecule has 0 spiro atoms. The third-order valence-corrected chi connectivity index (χ3v) is 5.85. The second-order valence-electron chi connectivity index (χ2n) is 7.85. The number of carbonyl (C=O) groups is 1. The molecule has 1 amide bonds. The van der Waals surface area contributed by atoms with Gasteiger partial charge in [0.2, 0.25) is 0 Å². The van der Waals surface area contributed by atoms with Gasteiger partial charge in [0.25, 0.3) is 5.91 Å². The molecule has 1 aromatic carbocycles. The maximum atomic E-state index is 14.5. The summed E-state index contributed by atoms with van der Waals surface area (Å²) in [5.41, 5.74) is -0.955. The van der Waals surface area contributed by atoms with Gasteiger partial charge in [0.15, 0.2) is 11.5 Å². The van der Waals surface area contributed by atoms with Crippen LogP contribution in [0, 0.1) is 11.7 Å². The van der Waals surface area contributed by atoms with Crippen molar-refractivity contribution < 1.29 is 22.4 Å². The number of hydrogen-bond donors (Lipinski definition) is 1. The molecular formula is C20H17F4N7O. The third-order valence-electron chi connectivity index (χ3n) is 5.85. The van der Waals surface area contributed by atoms with Crippen LogP contribution in [0.4, 0.5) is 23.4 Å². The van der Waals surface area contributed by atoms with Gasteiger partial charge >= 0.3 is 6.18 Å². The van der Waals surface area contributed by atoms with Gasteiger partial charge in [0.05, 0.1) is 36.4 Å². The molecular weight excluding hydrogens is 430 g/mol. The van der Waals surface area contributed by atoms with Crippen LogP contribution < -0.4 is 5.32 Å². The fourth-order valence-electron chi connectivity index (χ4n) is 4.53. The SMILES string of the molecule is O=C(c1cccc(F)c1-n1nccn1)N1C[C@H]2CC(Nc3cnc(C(F)(F)F)cn3)C1C2. The minimum absolute atomic E-state index is 0.0246. The van der Waals surface area contributed by atoms with Gasteiger partial charge in [-0.2, -0.15) is 23.4 Å². The van der Waals surface area contributed by atoms with Crippen LogP contribution >= 0.6 is 0 Å². The van der Waals surface area contributed by atoms with Crippen LogP contribution in [0.25, 0.3) is 5.69 Å². The molecule has 5 rings (SSSR count). The number of nitrogens with one attached hydrogen (secondary N) is 1. The topological polar surface area (TPSA) is 88.8 Å². The van der Waals surface area contributed by atoms with Crippen LogP contribution in [0.5, 0.6) is 0 Å². The van der Waals surface area contributed by atoms with Crippen molar-refractivity contribution in [1.29, 1.82) is 0 Å². The van der Waals surface area contributed by atoms with E-state index in [-0.39, 0.29) is 41.0 Å². The Morgan fingerprint density at radius 3 is 2.53 bits per heavy atom. The maximum absolute atomic E-state index is 14.5. The summed E-state index contributed by atoms with van der Waals surface area (Å²) in [4.78, 5) is 23.3. The van der Waals surface area contributed by atoms with Crippen LogP contribution in [0.1, 0.15) is 28.9 Å². The zero-order chi connectivity index (χ0) is 22.5. The Bertz CT molecular complexity index is 1130. The second kappa shape index (κ2) is 7.53. The lowest BCUT2D eigenvalue weighted by Crippen LogP contribution is -2.48. The Labute approximate surface area is 179 Å². The van der Waals surface area contributed by atoms with Crippen molar-refractivity contribution in [2.75, 3.05) is 11.9 Å². The lowest BCUT2D eigenvalue weighted by Gasteiger charge is -2.34. The van der Waals surface area contributed by atoms with Gasteiger partial charge in [0, 0.05) is 12.6 Å². The average molecular weight is 447 g/mol. The van der Waals surface area contributed by atoms with Gasteiger partial charge in [-0.3, -0.25) is 4.79 Å². The number of hydrogen-bond acceptors (Lipinski definition) is 6. The number of piperidine rings is 1. The van der Waals surface area contributed by atoms with E-state index in [4.69, 9.17) is 0 Å². The Morgan fingerprint density at radius 1 is 1.09 bits per heavy atom. The fourth-order valence-corrected chi connectivity index (χ4v) is 4.53. The molecule has 1 saturated carbocycles. The first kappa shape index (κ1) is 20.3. The van der Waals surface area contributed by atoms with E-state index in [0.29, 0.717) is 12.7 Å². The summed E-state index contributed by atoms with van der Waals surface area (Å²) in [6.45, 7) is 0.517.